The van der Waals surface area contributed by atoms with Crippen LogP contribution < -0.4 is 22.2 Å². The van der Waals surface area contributed by atoms with Gasteiger partial charge >= 0.3 is 0 Å². The van der Waals surface area contributed by atoms with Gasteiger partial charge in [0.2, 0.25) is 0 Å². The Morgan fingerprint density at radius 2 is 0.349 bits per heavy atom. The van der Waals surface area contributed by atoms with Gasteiger partial charge in [0, 0.05) is 35.9 Å². The number of fused-ring (bicyclic) bond motifs is 8. The molecule has 0 aliphatic carbocycles. The molecule has 0 bridgehead atoms. The zero-order chi connectivity index (χ0) is 84.0. The molecule has 9 aromatic heterocycles. The lowest BCUT2D eigenvalue weighted by Crippen LogP contribution is -2.14. The van der Waals surface area contributed by atoms with E-state index in [0.29, 0.717) is 66.2 Å². The Balaban J connectivity index is 0.575. The summed E-state index contributed by atoms with van der Waals surface area (Å²) in [6.45, 7) is 0. The summed E-state index contributed by atoms with van der Waals surface area (Å²) in [5, 5.41) is 2.24. The summed E-state index contributed by atoms with van der Waals surface area (Å²) in [7, 11) is 0. The molecule has 0 aliphatic rings. The Morgan fingerprint density at radius 3 is 0.563 bits per heavy atom. The van der Waals surface area contributed by atoms with E-state index in [4.69, 9.17) is 29.9 Å². The molecule has 0 spiro atoms. The van der Waals surface area contributed by atoms with Crippen LogP contribution in [0.1, 0.15) is 0 Å². The van der Waals surface area contributed by atoms with E-state index >= 15 is 0 Å². The Kier molecular flexibility index (Phi) is 17.8. The predicted molar refractivity (Wildman–Crippen MR) is 508 cm³/mol. The second kappa shape index (κ2) is 30.4. The number of hydrogen-bond acceptors (Lipinski definition) is 10. The summed E-state index contributed by atoms with van der Waals surface area (Å²) in [5.74, 6) is 0. The Bertz CT molecular complexity index is 7820. The van der Waals surface area contributed by atoms with Crippen molar-refractivity contribution in [1.82, 2.24) is 47.5 Å². The highest BCUT2D eigenvalue weighted by molar-refractivity contribution is 5.99. The third-order valence-corrected chi connectivity index (χ3v) is 24.3. The molecule has 0 unspecified atom stereocenters. The van der Waals surface area contributed by atoms with Gasteiger partial charge in [0.1, 0.15) is 22.6 Å². The van der Waals surface area contributed by atoms with Crippen LogP contribution in [0.3, 0.4) is 0 Å². The van der Waals surface area contributed by atoms with Gasteiger partial charge in [0.15, 0.2) is 0 Å². The van der Waals surface area contributed by atoms with Crippen molar-refractivity contribution in [1.29, 1.82) is 0 Å². The molecule has 126 heavy (non-hydrogen) atoms. The molecule has 14 nitrogen and oxygen atoms in total. The van der Waals surface area contributed by atoms with Crippen LogP contribution >= 0.6 is 0 Å². The maximum absolute atomic E-state index is 13.8. The van der Waals surface area contributed by atoms with E-state index in [0.717, 1.165) is 156 Å². The molecule has 14 aromatic carbocycles. The van der Waals surface area contributed by atoms with Crippen molar-refractivity contribution in [2.45, 2.75) is 0 Å². The van der Waals surface area contributed by atoms with Gasteiger partial charge in [-0.15, -0.1) is 0 Å². The molecule has 9 heterocycles. The molecule has 590 valence electrons. The van der Waals surface area contributed by atoms with Crippen LogP contribution in [0.25, 0.3) is 222 Å². The van der Waals surface area contributed by atoms with Gasteiger partial charge in [-0.05, 0) is 267 Å². The Labute approximate surface area is 719 Å². The fourth-order valence-corrected chi connectivity index (χ4v) is 18.0. The third kappa shape index (κ3) is 13.0. The predicted octanol–water partition coefficient (Wildman–Crippen LogP) is 24.5. The molecule has 0 aliphatic heterocycles. The van der Waals surface area contributed by atoms with Gasteiger partial charge in [0.05, 0.1) is 67.4 Å². The first kappa shape index (κ1) is 73.8. The fourth-order valence-electron chi connectivity index (χ4n) is 18.0. The van der Waals surface area contributed by atoms with Gasteiger partial charge in [-0.1, -0.05) is 243 Å². The van der Waals surface area contributed by atoms with Gasteiger partial charge in [-0.2, -0.15) is 0 Å². The minimum atomic E-state index is -0.122. The maximum atomic E-state index is 13.8. The van der Waals surface area contributed by atoms with Gasteiger partial charge in [-0.25, -0.2) is 19.9 Å². The lowest BCUT2D eigenvalue weighted by Gasteiger charge is -2.18. The fraction of sp³-hybridized carbons (Fsp3) is 0. The second-order valence-electron chi connectivity index (χ2n) is 31.6. The van der Waals surface area contributed by atoms with Crippen LogP contribution in [0.15, 0.2) is 432 Å². The molecule has 0 saturated heterocycles. The number of benzene rings is 14. The number of rotatable bonds is 14. The first-order valence-electron chi connectivity index (χ1n) is 41.6. The van der Waals surface area contributed by atoms with Crippen molar-refractivity contribution < 1.29 is 0 Å². The largest absolute Gasteiger partial charge is 0.268 e. The highest BCUT2D eigenvalue weighted by Gasteiger charge is 2.23. The van der Waals surface area contributed by atoms with Crippen LogP contribution in [0.2, 0.25) is 0 Å². The summed E-state index contributed by atoms with van der Waals surface area (Å²) in [5.41, 5.74) is 31.2. The lowest BCUT2D eigenvalue weighted by atomic mass is 9.86. The van der Waals surface area contributed by atoms with Crippen LogP contribution in [-0.2, 0) is 0 Å². The molecular formula is C112H68N10O4. The van der Waals surface area contributed by atoms with Gasteiger partial charge in [-0.3, -0.25) is 46.7 Å². The van der Waals surface area contributed by atoms with Crippen LogP contribution in [-0.4, -0.2) is 47.5 Å². The van der Waals surface area contributed by atoms with Gasteiger partial charge in [0.25, 0.3) is 22.2 Å². The average molecular weight is 1620 g/mol. The number of pyridine rings is 4. The van der Waals surface area contributed by atoms with Crippen molar-refractivity contribution in [2.24, 2.45) is 0 Å². The number of hydrogen-bond donors (Lipinski definition) is 0. The maximum Gasteiger partial charge on any atom is 0.265 e. The van der Waals surface area contributed by atoms with Crippen molar-refractivity contribution >= 4 is 66.2 Å². The van der Waals surface area contributed by atoms with Crippen LogP contribution in [0.4, 0.5) is 0 Å². The van der Waals surface area contributed by atoms with Crippen molar-refractivity contribution in [2.75, 3.05) is 0 Å². The summed E-state index contributed by atoms with van der Waals surface area (Å²) in [6, 6.07) is 127. The average Bonchev–Trinajstić information content (AvgIpc) is 0.767. The van der Waals surface area contributed by atoms with Crippen LogP contribution in [0.5, 0.6) is 0 Å². The topological polar surface area (TPSA) is 163 Å². The zero-order valence-electron chi connectivity index (χ0n) is 67.4. The highest BCUT2D eigenvalue weighted by atomic mass is 16.1. The van der Waals surface area contributed by atoms with E-state index in [1.807, 2.05) is 207 Å². The molecule has 0 atom stereocenters. The van der Waals surface area contributed by atoms with E-state index in [1.54, 1.807) is 17.6 Å². The monoisotopic (exact) mass is 1620 g/mol. The summed E-state index contributed by atoms with van der Waals surface area (Å²) >= 11 is 0. The molecular weight excluding hydrogens is 1550 g/mol. The minimum absolute atomic E-state index is 0.122. The standard InChI is InChI=1S/C112H68N10O4/c123-109-95-33-13-17-37-99(95)115-105-63-73(49-53-119(105)109)85-23-3-9-29-91(85)79-57-77(58-80(61-79)92-30-10-4-24-86(92)74-50-54-120-106(64-74)116-100-38-18-14-34-96(100)110(120)124)89-27-7-1-21-83(89)69-41-45-71(46-42-69)103-67-114-104(68-113-103)72-47-43-70(44-48-72)84-22-2-8-28-90(84)78-59-81(93-31-11-5-25-87(93)75-51-55-121-107(65-75)117-101-39-19-15-35-97(101)111(121)125)62-82(60-78)94-32-12-6-26-88(94)76-52-56-122-108(66-76)118-102-40-20-16-36-98(102)112(122)126/h1-68H. The smallest absolute Gasteiger partial charge is 0.265 e. The van der Waals surface area contributed by atoms with E-state index in [-0.39, 0.29) is 22.2 Å². The molecule has 0 saturated carbocycles. The van der Waals surface area contributed by atoms with Gasteiger partial charge < -0.3 is 0 Å². The molecule has 0 radical (unpaired) electrons. The molecule has 0 fully saturated rings. The van der Waals surface area contributed by atoms with Crippen LogP contribution in [0, 0.1) is 0 Å². The number of nitrogens with zero attached hydrogens (tertiary/aromatic N) is 10. The normalized spacial score (nSPS) is 11.6. The van der Waals surface area contributed by atoms with E-state index in [2.05, 4.69) is 206 Å². The number of para-hydroxylation sites is 4. The summed E-state index contributed by atoms with van der Waals surface area (Å²) in [6.07, 6.45) is 11.0. The van der Waals surface area contributed by atoms with E-state index in [1.165, 1.54) is 0 Å². The van der Waals surface area contributed by atoms with Crippen molar-refractivity contribution in [3.05, 3.63) is 455 Å². The Morgan fingerprint density at radius 1 is 0.167 bits per heavy atom. The van der Waals surface area contributed by atoms with Crippen molar-refractivity contribution in [3.8, 4) is 156 Å². The van der Waals surface area contributed by atoms with Crippen molar-refractivity contribution in [3.63, 3.8) is 0 Å². The SMILES string of the molecule is O=c1c2ccccc2nc2cc(-c3ccccc3-c3cc(-c4ccccc4-c4ccc(-c5cnc(-c6ccc(-c7ccccc7-c7cc(-c8ccccc8-c8ccn9c(=O)c%10ccccc%10nc9c8)cc(-c8ccccc8-c8ccn9c(=O)c%10ccccc%10nc9c8)c7)cc6)cn5)cc4)cc(-c4ccccc4-c4ccn5c(=O)c6ccccc6nc5c4)c3)ccn12. The first-order valence-corrected chi connectivity index (χ1v) is 41.6. The molecule has 0 amide bonds. The molecule has 23 rings (SSSR count). The Hall–Kier alpha value is -17.4. The van der Waals surface area contributed by atoms with E-state index in [9.17, 15) is 19.2 Å². The quantitative estimate of drug-likeness (QED) is 0.0958. The molecule has 14 heteroatoms. The second-order valence-corrected chi connectivity index (χ2v) is 31.6. The highest BCUT2D eigenvalue weighted by Crippen LogP contribution is 2.46. The third-order valence-electron chi connectivity index (χ3n) is 24.3. The summed E-state index contributed by atoms with van der Waals surface area (Å²) in [4.78, 5) is 85.4. The molecule has 0 N–H and O–H groups in total. The number of aromatic nitrogens is 10. The first-order chi connectivity index (χ1) is 62.1. The zero-order valence-corrected chi connectivity index (χ0v) is 67.4. The molecule has 23 aromatic rings. The van der Waals surface area contributed by atoms with E-state index < -0.39 is 0 Å². The summed E-state index contributed by atoms with van der Waals surface area (Å²) < 4.78 is 6.45. The minimum Gasteiger partial charge on any atom is -0.268 e. The lowest BCUT2D eigenvalue weighted by molar-refractivity contribution is 1.08.